The molecule has 2 unspecified atom stereocenters. The van der Waals surface area contributed by atoms with Crippen molar-refractivity contribution >= 4 is 39.2 Å². The van der Waals surface area contributed by atoms with E-state index in [4.69, 9.17) is 9.97 Å². The van der Waals surface area contributed by atoms with E-state index < -0.39 is 0 Å². The summed E-state index contributed by atoms with van der Waals surface area (Å²) in [5, 5.41) is 2.33. The predicted molar refractivity (Wildman–Crippen MR) is 116 cm³/mol. The molecule has 1 amide bonds. The van der Waals surface area contributed by atoms with Crippen molar-refractivity contribution in [2.24, 2.45) is 11.8 Å². The van der Waals surface area contributed by atoms with Gasteiger partial charge in [-0.2, -0.15) is 0 Å². The molecule has 6 heteroatoms. The van der Waals surface area contributed by atoms with Gasteiger partial charge in [-0.15, -0.1) is 11.3 Å². The summed E-state index contributed by atoms with van der Waals surface area (Å²) in [6.07, 6.45) is 8.35. The largest absolute Gasteiger partial charge is 0.342 e. The number of thiophene rings is 1. The van der Waals surface area contributed by atoms with Gasteiger partial charge < -0.3 is 4.90 Å². The maximum atomic E-state index is 12.8. The highest BCUT2D eigenvalue weighted by Crippen LogP contribution is 2.44. The van der Waals surface area contributed by atoms with Crippen molar-refractivity contribution in [3.05, 3.63) is 16.3 Å². The zero-order chi connectivity index (χ0) is 19.3. The number of carbonyl (C=O) groups excluding carboxylic acids is 1. The van der Waals surface area contributed by atoms with Crippen LogP contribution in [0.4, 0.5) is 0 Å². The fourth-order valence-corrected chi connectivity index (χ4v) is 7.01. The third-order valence-corrected chi connectivity index (χ3v) is 8.53. The molecule has 1 saturated heterocycles. The van der Waals surface area contributed by atoms with E-state index in [0.29, 0.717) is 17.6 Å². The van der Waals surface area contributed by atoms with Crippen LogP contribution in [0.5, 0.6) is 0 Å². The Morgan fingerprint density at radius 2 is 2.04 bits per heavy atom. The van der Waals surface area contributed by atoms with Crippen molar-refractivity contribution < 1.29 is 4.79 Å². The summed E-state index contributed by atoms with van der Waals surface area (Å²) < 4.78 is 0. The van der Waals surface area contributed by atoms with E-state index in [1.807, 2.05) is 11.3 Å². The van der Waals surface area contributed by atoms with Crippen molar-refractivity contribution in [2.45, 2.75) is 69.7 Å². The summed E-state index contributed by atoms with van der Waals surface area (Å²) >= 11 is 3.53. The second-order valence-electron chi connectivity index (χ2n) is 9.07. The van der Waals surface area contributed by atoms with Crippen LogP contribution in [0.15, 0.2) is 5.03 Å². The molecule has 3 aliphatic rings. The number of hydrogen-bond donors (Lipinski definition) is 0. The van der Waals surface area contributed by atoms with Gasteiger partial charge in [0.25, 0.3) is 0 Å². The third kappa shape index (κ3) is 3.70. The van der Waals surface area contributed by atoms with Gasteiger partial charge in [-0.3, -0.25) is 4.79 Å². The van der Waals surface area contributed by atoms with Crippen LogP contribution in [-0.2, 0) is 17.6 Å². The lowest BCUT2D eigenvalue weighted by molar-refractivity contribution is -0.130. The molecule has 0 spiro atoms. The Balaban J connectivity index is 1.43. The van der Waals surface area contributed by atoms with Crippen LogP contribution in [0.25, 0.3) is 10.2 Å². The second-order valence-corrected chi connectivity index (χ2v) is 11.1. The average molecular weight is 416 g/mol. The highest BCUT2D eigenvalue weighted by molar-refractivity contribution is 8.00. The van der Waals surface area contributed by atoms with Gasteiger partial charge in [0.1, 0.15) is 15.7 Å². The van der Waals surface area contributed by atoms with Crippen molar-refractivity contribution in [1.29, 1.82) is 0 Å². The molecule has 2 aromatic rings. The van der Waals surface area contributed by atoms with Crippen molar-refractivity contribution in [3.8, 4) is 0 Å². The van der Waals surface area contributed by atoms with E-state index in [1.165, 1.54) is 47.9 Å². The van der Waals surface area contributed by atoms with E-state index in [2.05, 4.69) is 18.7 Å². The van der Waals surface area contributed by atoms with Crippen LogP contribution in [0.2, 0.25) is 0 Å². The molecular weight excluding hydrogens is 386 g/mol. The van der Waals surface area contributed by atoms with Crippen molar-refractivity contribution in [1.82, 2.24) is 14.9 Å². The molecule has 2 aromatic heterocycles. The van der Waals surface area contributed by atoms with Gasteiger partial charge in [0, 0.05) is 29.3 Å². The van der Waals surface area contributed by atoms with E-state index in [1.54, 1.807) is 11.8 Å². The lowest BCUT2D eigenvalue weighted by atomic mass is 9.89. The van der Waals surface area contributed by atoms with Gasteiger partial charge in [-0.1, -0.05) is 25.6 Å². The summed E-state index contributed by atoms with van der Waals surface area (Å²) in [6, 6.07) is 0. The normalized spacial score (nSPS) is 25.1. The molecule has 5 rings (SSSR count). The summed E-state index contributed by atoms with van der Waals surface area (Å²) in [5.74, 6) is 3.72. The topological polar surface area (TPSA) is 46.1 Å². The van der Waals surface area contributed by atoms with Gasteiger partial charge in [-0.25, -0.2) is 9.97 Å². The van der Waals surface area contributed by atoms with Gasteiger partial charge in [0.15, 0.2) is 0 Å². The Kier molecular flexibility index (Phi) is 5.12. The Hall–Kier alpha value is -1.14. The molecule has 3 heterocycles. The number of amides is 1. The molecule has 150 valence electrons. The first-order chi connectivity index (χ1) is 13.6. The number of nitrogens with zero attached hydrogens (tertiary/aromatic N) is 3. The smallest absolute Gasteiger partial charge is 0.232 e. The number of aryl methyl sites for hydroxylation is 1. The molecule has 0 aromatic carbocycles. The monoisotopic (exact) mass is 415 g/mol. The first-order valence-corrected chi connectivity index (χ1v) is 12.6. The number of hydrogen-bond acceptors (Lipinski definition) is 5. The minimum absolute atomic E-state index is 0.272. The number of piperidine rings is 1. The molecule has 0 bridgehead atoms. The molecule has 2 aliphatic carbocycles. The maximum absolute atomic E-state index is 12.8. The third-order valence-electron chi connectivity index (χ3n) is 6.42. The first-order valence-electron chi connectivity index (χ1n) is 10.8. The molecule has 0 N–H and O–H groups in total. The first kappa shape index (κ1) is 18.9. The van der Waals surface area contributed by atoms with E-state index >= 15 is 0 Å². The minimum atomic E-state index is 0.272. The predicted octanol–water partition coefficient (Wildman–Crippen LogP) is 5.04. The lowest BCUT2D eigenvalue weighted by Crippen LogP contribution is -2.40. The zero-order valence-electron chi connectivity index (χ0n) is 16.9. The van der Waals surface area contributed by atoms with Crippen LogP contribution in [0.3, 0.4) is 0 Å². The van der Waals surface area contributed by atoms with E-state index in [0.717, 1.165) is 47.5 Å². The quantitative estimate of drug-likeness (QED) is 0.518. The van der Waals surface area contributed by atoms with Crippen molar-refractivity contribution in [3.63, 3.8) is 0 Å². The number of carbonyl (C=O) groups is 1. The maximum Gasteiger partial charge on any atom is 0.232 e. The molecular formula is C22H29N3OS2. The van der Waals surface area contributed by atoms with Crippen LogP contribution in [0, 0.1) is 11.8 Å². The highest BCUT2D eigenvalue weighted by atomic mass is 32.2. The van der Waals surface area contributed by atoms with Crippen LogP contribution in [0.1, 0.15) is 68.1 Å². The van der Waals surface area contributed by atoms with E-state index in [9.17, 15) is 4.79 Å². The average Bonchev–Trinajstić information content (AvgIpc) is 3.46. The number of fused-ring (bicyclic) bond motifs is 3. The SMILES string of the molecule is CC1CCc2c(sc3nc(C4CC4)nc(SCC(=O)N4CCCC(C)C4)c23)C1. The van der Waals surface area contributed by atoms with Gasteiger partial charge in [0.2, 0.25) is 5.91 Å². The van der Waals surface area contributed by atoms with E-state index in [-0.39, 0.29) is 5.91 Å². The summed E-state index contributed by atoms with van der Waals surface area (Å²) in [6.45, 7) is 6.43. The van der Waals surface area contributed by atoms with Crippen LogP contribution >= 0.6 is 23.1 Å². The number of aromatic nitrogens is 2. The Morgan fingerprint density at radius 1 is 1.18 bits per heavy atom. The second kappa shape index (κ2) is 7.60. The fraction of sp³-hybridized carbons (Fsp3) is 0.682. The minimum Gasteiger partial charge on any atom is -0.342 e. The van der Waals surface area contributed by atoms with Crippen LogP contribution < -0.4 is 0 Å². The molecule has 2 atom stereocenters. The standard InChI is InChI=1S/C22H29N3OS2/c1-13-5-8-16-17(10-13)28-22-19(16)21(23-20(24-22)15-6-7-15)27-12-18(26)25-9-3-4-14(2)11-25/h13-15H,3-12H2,1-2H3. The van der Waals surface area contributed by atoms with Gasteiger partial charge >= 0.3 is 0 Å². The Labute approximate surface area is 175 Å². The Morgan fingerprint density at radius 3 is 2.82 bits per heavy atom. The van der Waals surface area contributed by atoms with Gasteiger partial charge in [0.05, 0.1) is 5.75 Å². The van der Waals surface area contributed by atoms with Gasteiger partial charge in [-0.05, 0) is 62.3 Å². The summed E-state index contributed by atoms with van der Waals surface area (Å²) in [4.78, 5) is 27.5. The zero-order valence-corrected chi connectivity index (χ0v) is 18.5. The molecule has 4 nitrogen and oxygen atoms in total. The Bertz CT molecular complexity index is 905. The number of likely N-dealkylation sites (tertiary alicyclic amines) is 1. The van der Waals surface area contributed by atoms with Crippen molar-refractivity contribution in [2.75, 3.05) is 18.8 Å². The van der Waals surface area contributed by atoms with Crippen LogP contribution in [-0.4, -0.2) is 39.6 Å². The molecule has 1 saturated carbocycles. The number of rotatable bonds is 4. The number of thioether (sulfide) groups is 1. The highest BCUT2D eigenvalue weighted by Gasteiger charge is 2.30. The fourth-order valence-electron chi connectivity index (χ4n) is 4.59. The summed E-state index contributed by atoms with van der Waals surface area (Å²) in [5.41, 5.74) is 1.47. The molecule has 28 heavy (non-hydrogen) atoms. The molecule has 0 radical (unpaired) electrons. The molecule has 1 aliphatic heterocycles. The lowest BCUT2D eigenvalue weighted by Gasteiger charge is -2.30. The molecule has 2 fully saturated rings. The summed E-state index contributed by atoms with van der Waals surface area (Å²) in [7, 11) is 0.